The molecule has 3 unspecified atom stereocenters. The second kappa shape index (κ2) is 9.65. The quantitative estimate of drug-likeness (QED) is 0.519. The highest BCUT2D eigenvalue weighted by atomic mass is 35.5. The lowest BCUT2D eigenvalue weighted by Crippen LogP contribution is -2.39. The van der Waals surface area contributed by atoms with Gasteiger partial charge in [0.05, 0.1) is 31.5 Å². The zero-order valence-corrected chi connectivity index (χ0v) is 18.5. The molecule has 1 saturated carbocycles. The van der Waals surface area contributed by atoms with E-state index >= 15 is 0 Å². The van der Waals surface area contributed by atoms with Gasteiger partial charge in [0, 0.05) is 36.2 Å². The van der Waals surface area contributed by atoms with Gasteiger partial charge < -0.3 is 24.3 Å². The first-order valence-corrected chi connectivity index (χ1v) is 11.5. The molecule has 8 heteroatoms. The molecular formula is C24H29ClN2O5. The number of nitrogens with one attached hydrogen (secondary N) is 1. The van der Waals surface area contributed by atoms with Crippen LogP contribution in [-0.4, -0.2) is 43.3 Å². The highest BCUT2D eigenvalue weighted by molar-refractivity contribution is 6.31. The number of hydrogen-bond acceptors (Lipinski definition) is 7. The number of hydroxylamine groups is 1. The minimum atomic E-state index is -0.184. The molecule has 7 nitrogen and oxygen atoms in total. The molecule has 3 aliphatic rings. The lowest BCUT2D eigenvalue weighted by Gasteiger charge is -2.34. The van der Waals surface area contributed by atoms with Crippen LogP contribution in [-0.2, 0) is 20.7 Å². The van der Waals surface area contributed by atoms with E-state index in [-0.39, 0.29) is 18.3 Å². The Morgan fingerprint density at radius 2 is 1.88 bits per heavy atom. The maximum Gasteiger partial charge on any atom is 0.119 e. The van der Waals surface area contributed by atoms with E-state index in [9.17, 15) is 0 Å². The Labute approximate surface area is 192 Å². The van der Waals surface area contributed by atoms with Crippen molar-refractivity contribution in [1.29, 1.82) is 0 Å². The first kappa shape index (κ1) is 22.1. The van der Waals surface area contributed by atoms with E-state index in [0.717, 1.165) is 40.7 Å². The van der Waals surface area contributed by atoms with Gasteiger partial charge in [-0.2, -0.15) is 0 Å². The van der Waals surface area contributed by atoms with E-state index < -0.39 is 0 Å². The van der Waals surface area contributed by atoms with Crippen LogP contribution in [0.25, 0.3) is 0 Å². The number of ether oxygens (including phenoxy) is 3. The van der Waals surface area contributed by atoms with Crippen molar-refractivity contribution >= 4 is 11.6 Å². The minimum absolute atomic E-state index is 0.128. The summed E-state index contributed by atoms with van der Waals surface area (Å²) in [5, 5.41) is 9.78. The first-order valence-electron chi connectivity index (χ1n) is 11.1. The number of rotatable bonds is 8. The lowest BCUT2D eigenvalue weighted by atomic mass is 9.94. The molecule has 1 aliphatic carbocycles. The van der Waals surface area contributed by atoms with Crippen molar-refractivity contribution in [3.8, 4) is 5.75 Å². The van der Waals surface area contributed by atoms with Crippen molar-refractivity contribution in [2.24, 2.45) is 17.7 Å². The summed E-state index contributed by atoms with van der Waals surface area (Å²) in [6.45, 7) is 1.96. The molecule has 2 saturated heterocycles. The van der Waals surface area contributed by atoms with Crippen LogP contribution in [0.5, 0.6) is 5.75 Å². The summed E-state index contributed by atoms with van der Waals surface area (Å²) >= 11 is 6.52. The minimum Gasteiger partial charge on any atom is -0.490 e. The lowest BCUT2D eigenvalue weighted by molar-refractivity contribution is -0.123. The molecule has 0 amide bonds. The Kier molecular flexibility index (Phi) is 6.66. The number of benzene rings is 2. The molecule has 0 aromatic heterocycles. The van der Waals surface area contributed by atoms with E-state index in [4.69, 9.17) is 41.8 Å². The largest absolute Gasteiger partial charge is 0.490 e. The van der Waals surface area contributed by atoms with Crippen LogP contribution in [0.1, 0.15) is 35.6 Å². The van der Waals surface area contributed by atoms with E-state index in [0.29, 0.717) is 43.7 Å². The van der Waals surface area contributed by atoms with Gasteiger partial charge in [0.15, 0.2) is 0 Å². The fourth-order valence-corrected chi connectivity index (χ4v) is 5.07. The Morgan fingerprint density at radius 3 is 2.59 bits per heavy atom. The fourth-order valence-electron chi connectivity index (χ4n) is 4.89. The molecular weight excluding hydrogens is 432 g/mol. The summed E-state index contributed by atoms with van der Waals surface area (Å²) in [5.74, 6) is 7.49. The Hall–Kier alpha value is -1.71. The Morgan fingerprint density at radius 1 is 1.09 bits per heavy atom. The molecule has 0 spiro atoms. The van der Waals surface area contributed by atoms with Crippen LogP contribution in [0, 0.1) is 11.8 Å². The molecule has 2 aromatic carbocycles. The third-order valence-electron chi connectivity index (χ3n) is 6.78. The van der Waals surface area contributed by atoms with Gasteiger partial charge in [-0.05, 0) is 41.3 Å². The molecule has 2 aliphatic heterocycles. The van der Waals surface area contributed by atoms with Gasteiger partial charge in [-0.15, -0.1) is 0 Å². The molecule has 5 rings (SSSR count). The van der Waals surface area contributed by atoms with Crippen LogP contribution < -0.4 is 16.1 Å². The molecule has 32 heavy (non-hydrogen) atoms. The van der Waals surface area contributed by atoms with Crippen molar-refractivity contribution in [1.82, 2.24) is 5.48 Å². The van der Waals surface area contributed by atoms with Gasteiger partial charge in [0.1, 0.15) is 11.9 Å². The summed E-state index contributed by atoms with van der Waals surface area (Å²) in [6.07, 6.45) is 1.81. The van der Waals surface area contributed by atoms with E-state index in [2.05, 4.69) is 23.7 Å². The maximum atomic E-state index is 9.06. The van der Waals surface area contributed by atoms with Crippen LogP contribution >= 0.6 is 11.6 Å². The molecule has 2 aromatic rings. The van der Waals surface area contributed by atoms with E-state index in [1.165, 1.54) is 0 Å². The van der Waals surface area contributed by atoms with Gasteiger partial charge in [-0.1, -0.05) is 35.9 Å². The molecule has 5 atom stereocenters. The molecule has 3 fully saturated rings. The van der Waals surface area contributed by atoms with E-state index in [1.54, 1.807) is 0 Å². The van der Waals surface area contributed by atoms with Gasteiger partial charge in [-0.3, -0.25) is 0 Å². The van der Waals surface area contributed by atoms with Crippen molar-refractivity contribution in [2.75, 3.05) is 19.8 Å². The van der Waals surface area contributed by atoms with Crippen molar-refractivity contribution < 1.29 is 24.3 Å². The number of halogens is 1. The Balaban J connectivity index is 1.25. The summed E-state index contributed by atoms with van der Waals surface area (Å²) in [7, 11) is 0. The molecule has 172 valence electrons. The topological polar surface area (TPSA) is 95.2 Å². The first-order chi connectivity index (χ1) is 15.6. The van der Waals surface area contributed by atoms with E-state index in [1.807, 2.05) is 24.3 Å². The smallest absolute Gasteiger partial charge is 0.119 e. The van der Waals surface area contributed by atoms with Gasteiger partial charge in [-0.25, -0.2) is 11.4 Å². The summed E-state index contributed by atoms with van der Waals surface area (Å²) < 4.78 is 17.7. The molecule has 2 heterocycles. The highest BCUT2D eigenvalue weighted by Crippen LogP contribution is 2.46. The molecule has 4 N–H and O–H groups in total. The second-order valence-corrected chi connectivity index (χ2v) is 9.36. The standard InChI is InChI=1S/C24H29ClN2O5/c25-22-6-3-15(23-10-18(32-26)9-19(30-23)11-27-28)8-16(22)7-14-1-4-17(5-2-14)31-24-20-12-29-13-21(20)24/h1-6,8,18-21,23-24,27-28H,7,9-13,26H2/t18-,19-,20?,21?,23?,24?/m0/s1. The number of nitrogens with two attached hydrogens (primary N) is 1. The van der Waals surface area contributed by atoms with Crippen molar-refractivity contribution in [2.45, 2.75) is 43.7 Å². The zero-order valence-electron chi connectivity index (χ0n) is 17.8. The maximum absolute atomic E-state index is 9.06. The monoisotopic (exact) mass is 460 g/mol. The third kappa shape index (κ3) is 4.79. The molecule has 0 radical (unpaired) electrons. The van der Waals surface area contributed by atoms with Crippen molar-refractivity contribution in [3.05, 3.63) is 64.2 Å². The van der Waals surface area contributed by atoms with Gasteiger partial charge in [0.25, 0.3) is 0 Å². The van der Waals surface area contributed by atoms with Crippen LogP contribution in [0.15, 0.2) is 42.5 Å². The summed E-state index contributed by atoms with van der Waals surface area (Å²) in [6, 6.07) is 14.2. The predicted molar refractivity (Wildman–Crippen MR) is 119 cm³/mol. The predicted octanol–water partition coefficient (Wildman–Crippen LogP) is 3.41. The van der Waals surface area contributed by atoms with Crippen LogP contribution in [0.3, 0.4) is 0 Å². The fraction of sp³-hybridized carbons (Fsp3) is 0.500. The second-order valence-electron chi connectivity index (χ2n) is 8.96. The van der Waals surface area contributed by atoms with Crippen LogP contribution in [0.2, 0.25) is 5.02 Å². The average molecular weight is 461 g/mol. The number of hydrogen-bond donors (Lipinski definition) is 3. The SMILES string of the molecule is NO[C@@H]1CC(c2ccc(Cl)c(Cc3ccc(OC4C5COCC54)cc3)c2)O[C@H](CNO)C1. The number of fused-ring (bicyclic) bond motifs is 1. The normalized spacial score (nSPS) is 31.3. The average Bonchev–Trinajstić information content (AvgIpc) is 3.21. The highest BCUT2D eigenvalue weighted by Gasteiger charge is 2.56. The van der Waals surface area contributed by atoms with Gasteiger partial charge in [0.2, 0.25) is 0 Å². The summed E-state index contributed by atoms with van der Waals surface area (Å²) in [5.41, 5.74) is 5.39. The zero-order chi connectivity index (χ0) is 22.1. The Bertz CT molecular complexity index is 917. The third-order valence-corrected chi connectivity index (χ3v) is 7.14. The van der Waals surface area contributed by atoms with Gasteiger partial charge >= 0.3 is 0 Å². The van der Waals surface area contributed by atoms with Crippen LogP contribution in [0.4, 0.5) is 0 Å². The van der Waals surface area contributed by atoms with Crippen molar-refractivity contribution in [3.63, 3.8) is 0 Å². The summed E-state index contributed by atoms with van der Waals surface area (Å²) in [4.78, 5) is 5.10. The molecule has 0 bridgehead atoms.